The fourth-order valence-electron chi connectivity index (χ4n) is 3.60. The summed E-state index contributed by atoms with van der Waals surface area (Å²) >= 11 is 0. The minimum atomic E-state index is -0.742. The third-order valence-corrected chi connectivity index (χ3v) is 4.74. The van der Waals surface area contributed by atoms with E-state index in [-0.39, 0.29) is 18.4 Å². The van der Waals surface area contributed by atoms with Gasteiger partial charge in [-0.25, -0.2) is 0 Å². The molecular formula is C17H23NO4. The molecule has 3 rings (SSSR count). The fourth-order valence-corrected chi connectivity index (χ4v) is 3.60. The predicted molar refractivity (Wildman–Crippen MR) is 82.0 cm³/mol. The Kier molecular flexibility index (Phi) is 4.36. The third-order valence-electron chi connectivity index (χ3n) is 4.74. The molecule has 22 heavy (non-hydrogen) atoms. The Morgan fingerprint density at radius 3 is 3.05 bits per heavy atom. The van der Waals surface area contributed by atoms with Crippen LogP contribution in [0, 0.1) is 12.8 Å². The van der Waals surface area contributed by atoms with Crippen LogP contribution in [0.15, 0.2) is 18.2 Å². The lowest BCUT2D eigenvalue weighted by Crippen LogP contribution is -2.50. The maximum Gasteiger partial charge on any atom is 0.303 e. The summed E-state index contributed by atoms with van der Waals surface area (Å²) in [5.41, 5.74) is 1.95. The summed E-state index contributed by atoms with van der Waals surface area (Å²) in [5, 5.41) is 19.7. The Bertz CT molecular complexity index is 560. The first kappa shape index (κ1) is 15.3. The smallest absolute Gasteiger partial charge is 0.303 e. The van der Waals surface area contributed by atoms with Crippen molar-refractivity contribution in [1.82, 2.24) is 4.90 Å². The molecule has 2 heterocycles. The van der Waals surface area contributed by atoms with E-state index in [1.54, 1.807) is 0 Å². The minimum absolute atomic E-state index is 0.0909. The number of piperidine rings is 1. The molecule has 0 saturated carbocycles. The maximum absolute atomic E-state index is 10.9. The molecule has 1 aromatic carbocycles. The van der Waals surface area contributed by atoms with Crippen molar-refractivity contribution in [2.75, 3.05) is 19.7 Å². The zero-order chi connectivity index (χ0) is 15.7. The largest absolute Gasteiger partial charge is 0.491 e. The predicted octanol–water partition coefficient (Wildman–Crippen LogP) is 1.98. The fraction of sp³-hybridized carbons (Fsp3) is 0.588. The van der Waals surface area contributed by atoms with E-state index in [0.717, 1.165) is 42.8 Å². The molecule has 5 nitrogen and oxygen atoms in total. The number of hydrogen-bond donors (Lipinski definition) is 2. The summed E-state index contributed by atoms with van der Waals surface area (Å²) in [5.74, 6) is 0.189. The molecule has 0 aliphatic carbocycles. The normalized spacial score (nSPS) is 28.7. The van der Waals surface area contributed by atoms with E-state index in [9.17, 15) is 9.90 Å². The molecule has 2 aliphatic heterocycles. The van der Waals surface area contributed by atoms with Crippen molar-refractivity contribution in [3.63, 3.8) is 0 Å². The van der Waals surface area contributed by atoms with Gasteiger partial charge in [-0.05, 0) is 43.9 Å². The average molecular weight is 305 g/mol. The van der Waals surface area contributed by atoms with E-state index in [0.29, 0.717) is 6.61 Å². The van der Waals surface area contributed by atoms with Crippen LogP contribution in [0.25, 0.3) is 0 Å². The number of aryl methyl sites for hydroxylation is 1. The molecule has 2 aliphatic rings. The molecule has 1 aromatic rings. The summed E-state index contributed by atoms with van der Waals surface area (Å²) in [6.45, 7) is 4.07. The van der Waals surface area contributed by atoms with Crippen LogP contribution in [-0.4, -0.2) is 46.8 Å². The lowest BCUT2D eigenvalue weighted by molar-refractivity contribution is -0.138. The first-order valence-corrected chi connectivity index (χ1v) is 7.92. The summed E-state index contributed by atoms with van der Waals surface area (Å²) < 4.78 is 5.84. The number of ether oxygens (including phenoxy) is 1. The maximum atomic E-state index is 10.9. The van der Waals surface area contributed by atoms with Crippen molar-refractivity contribution in [2.24, 2.45) is 5.92 Å². The Labute approximate surface area is 130 Å². The van der Waals surface area contributed by atoms with Crippen LogP contribution in [0.3, 0.4) is 0 Å². The van der Waals surface area contributed by atoms with E-state index in [4.69, 9.17) is 9.84 Å². The number of aliphatic carboxylic acids is 1. The van der Waals surface area contributed by atoms with Crippen molar-refractivity contribution in [2.45, 2.75) is 38.3 Å². The number of carboxylic acid groups (broad SMARTS) is 1. The van der Waals surface area contributed by atoms with E-state index < -0.39 is 12.1 Å². The van der Waals surface area contributed by atoms with Crippen molar-refractivity contribution in [3.8, 4) is 5.75 Å². The van der Waals surface area contributed by atoms with E-state index in [1.807, 2.05) is 25.1 Å². The van der Waals surface area contributed by atoms with Crippen molar-refractivity contribution < 1.29 is 19.7 Å². The van der Waals surface area contributed by atoms with Gasteiger partial charge in [0.15, 0.2) is 0 Å². The van der Waals surface area contributed by atoms with Gasteiger partial charge < -0.3 is 14.9 Å². The van der Waals surface area contributed by atoms with Gasteiger partial charge in [-0.2, -0.15) is 0 Å². The SMILES string of the molecule is Cc1ccc2c(c1)OC[C@@H](N1CCCC(CC(=O)O)C1)[C@H]2O. The molecule has 3 atom stereocenters. The first-order chi connectivity index (χ1) is 10.5. The standard InChI is InChI=1S/C17H23NO4/c1-11-4-5-13-15(7-11)22-10-14(17(13)21)18-6-2-3-12(9-18)8-16(19)20/h4-5,7,12,14,17,21H,2-3,6,8-10H2,1H3,(H,19,20)/t12?,14-,17+/m1/s1. The first-order valence-electron chi connectivity index (χ1n) is 7.92. The molecule has 0 aromatic heterocycles. The number of aliphatic hydroxyl groups excluding tert-OH is 1. The van der Waals surface area contributed by atoms with Crippen molar-refractivity contribution in [3.05, 3.63) is 29.3 Å². The Balaban J connectivity index is 1.72. The molecule has 0 radical (unpaired) electrons. The molecule has 0 bridgehead atoms. The molecule has 2 N–H and O–H groups in total. The topological polar surface area (TPSA) is 70.0 Å². The zero-order valence-electron chi connectivity index (χ0n) is 12.9. The highest BCUT2D eigenvalue weighted by molar-refractivity contribution is 5.67. The van der Waals surface area contributed by atoms with Gasteiger partial charge in [-0.3, -0.25) is 9.69 Å². The number of fused-ring (bicyclic) bond motifs is 1. The molecule has 0 amide bonds. The second-order valence-corrected chi connectivity index (χ2v) is 6.47. The zero-order valence-corrected chi connectivity index (χ0v) is 12.9. The van der Waals surface area contributed by atoms with Gasteiger partial charge in [0.05, 0.1) is 6.04 Å². The number of nitrogens with zero attached hydrogens (tertiary/aromatic N) is 1. The molecule has 1 saturated heterocycles. The van der Waals surface area contributed by atoms with Gasteiger partial charge in [0.2, 0.25) is 0 Å². The number of aliphatic hydroxyl groups is 1. The van der Waals surface area contributed by atoms with Crippen LogP contribution in [0.2, 0.25) is 0 Å². The van der Waals surface area contributed by atoms with Gasteiger partial charge in [0.25, 0.3) is 0 Å². The lowest BCUT2D eigenvalue weighted by Gasteiger charge is -2.42. The van der Waals surface area contributed by atoms with Crippen molar-refractivity contribution >= 4 is 5.97 Å². The quantitative estimate of drug-likeness (QED) is 0.893. The van der Waals surface area contributed by atoms with Gasteiger partial charge in [-0.15, -0.1) is 0 Å². The summed E-state index contributed by atoms with van der Waals surface area (Å²) in [6, 6.07) is 5.78. The number of benzene rings is 1. The molecule has 5 heteroatoms. The summed E-state index contributed by atoms with van der Waals surface area (Å²) in [4.78, 5) is 13.1. The van der Waals surface area contributed by atoms with Gasteiger partial charge in [0.1, 0.15) is 18.5 Å². The average Bonchev–Trinajstić information content (AvgIpc) is 2.47. The van der Waals surface area contributed by atoms with Crippen molar-refractivity contribution in [1.29, 1.82) is 0 Å². The van der Waals surface area contributed by atoms with E-state index in [2.05, 4.69) is 4.90 Å². The van der Waals surface area contributed by atoms with Crippen LogP contribution < -0.4 is 4.74 Å². The number of rotatable bonds is 3. The highest BCUT2D eigenvalue weighted by Crippen LogP contribution is 2.36. The van der Waals surface area contributed by atoms with Gasteiger partial charge in [-0.1, -0.05) is 12.1 Å². The molecule has 1 fully saturated rings. The monoisotopic (exact) mass is 305 g/mol. The van der Waals surface area contributed by atoms with Crippen LogP contribution in [0.4, 0.5) is 0 Å². The Morgan fingerprint density at radius 1 is 1.45 bits per heavy atom. The highest BCUT2D eigenvalue weighted by atomic mass is 16.5. The molecule has 1 unspecified atom stereocenters. The number of hydrogen-bond acceptors (Lipinski definition) is 4. The highest BCUT2D eigenvalue weighted by Gasteiger charge is 2.36. The van der Waals surface area contributed by atoms with E-state index >= 15 is 0 Å². The molecule has 120 valence electrons. The minimum Gasteiger partial charge on any atom is -0.491 e. The summed E-state index contributed by atoms with van der Waals surface area (Å²) in [7, 11) is 0. The lowest BCUT2D eigenvalue weighted by atomic mass is 9.90. The number of carboxylic acids is 1. The van der Waals surface area contributed by atoms with Crippen LogP contribution in [0.1, 0.15) is 36.5 Å². The Hall–Kier alpha value is -1.59. The van der Waals surface area contributed by atoms with Crippen LogP contribution in [0.5, 0.6) is 5.75 Å². The van der Waals surface area contributed by atoms with E-state index in [1.165, 1.54) is 0 Å². The summed E-state index contributed by atoms with van der Waals surface area (Å²) in [6.07, 6.45) is 1.55. The molecular weight excluding hydrogens is 282 g/mol. The molecule has 0 spiro atoms. The second-order valence-electron chi connectivity index (χ2n) is 6.47. The van der Waals surface area contributed by atoms with Gasteiger partial charge in [0, 0.05) is 18.5 Å². The van der Waals surface area contributed by atoms with Crippen LogP contribution in [-0.2, 0) is 4.79 Å². The number of carbonyl (C=O) groups is 1. The second kappa shape index (κ2) is 6.26. The third kappa shape index (κ3) is 3.10. The van der Waals surface area contributed by atoms with Gasteiger partial charge >= 0.3 is 5.97 Å². The Morgan fingerprint density at radius 2 is 2.27 bits per heavy atom. The van der Waals surface area contributed by atoms with Crippen LogP contribution >= 0.6 is 0 Å². The number of likely N-dealkylation sites (tertiary alicyclic amines) is 1.